The maximum atomic E-state index is 9.81. The zero-order chi connectivity index (χ0) is 11.7. The van der Waals surface area contributed by atoms with E-state index in [9.17, 15) is 5.11 Å². The Morgan fingerprint density at radius 3 is 2.88 bits per heavy atom. The first-order valence-corrected chi connectivity index (χ1v) is 7.78. The number of hydrogen-bond acceptors (Lipinski definition) is 3. The van der Waals surface area contributed by atoms with E-state index in [-0.39, 0.29) is 6.10 Å². The van der Waals surface area contributed by atoms with Crippen LogP contribution in [0, 0.1) is 5.92 Å². The Morgan fingerprint density at radius 1 is 1.35 bits per heavy atom. The fraction of sp³-hybridized carbons (Fsp3) is 0.769. The Hall–Kier alpha value is -0.480. The van der Waals surface area contributed by atoms with E-state index in [1.807, 2.05) is 11.8 Å². The molecule has 1 aliphatic heterocycles. The third kappa shape index (κ3) is 2.52. The highest BCUT2D eigenvalue weighted by molar-refractivity contribution is 7.99. The topological polar surface area (TPSA) is 38.0 Å². The molecule has 2 atom stereocenters. The molecule has 1 saturated carbocycles. The van der Waals surface area contributed by atoms with Crippen LogP contribution in [0.2, 0.25) is 0 Å². The fourth-order valence-corrected chi connectivity index (χ4v) is 4.20. The van der Waals surface area contributed by atoms with E-state index in [0.29, 0.717) is 12.0 Å². The predicted octanol–water partition coefficient (Wildman–Crippen LogP) is 2.26. The molecule has 4 heteroatoms. The van der Waals surface area contributed by atoms with E-state index in [0.717, 1.165) is 23.6 Å². The average Bonchev–Trinajstić information content (AvgIpc) is 3.02. The highest BCUT2D eigenvalue weighted by Gasteiger charge is 2.27. The van der Waals surface area contributed by atoms with Crippen LogP contribution in [0.25, 0.3) is 0 Å². The smallest absolute Gasteiger partial charge is 0.0670 e. The van der Waals surface area contributed by atoms with Gasteiger partial charge in [0.15, 0.2) is 0 Å². The van der Waals surface area contributed by atoms with Gasteiger partial charge in [-0.25, -0.2) is 0 Å². The first kappa shape index (κ1) is 11.6. The third-order valence-electron chi connectivity index (χ3n) is 4.00. The minimum absolute atomic E-state index is 0.128. The van der Waals surface area contributed by atoms with E-state index in [1.54, 1.807) is 0 Å². The van der Waals surface area contributed by atoms with Crippen molar-refractivity contribution in [2.45, 2.75) is 44.2 Å². The standard InChI is InChI=1S/C13H20N2OS/c16-13-9-17-8-10(13)7-11-5-6-15(14-11)12-3-1-2-4-12/h5-6,10,12-13,16H,1-4,7-9H2. The number of nitrogens with zero attached hydrogens (tertiary/aromatic N) is 2. The molecule has 94 valence electrons. The summed E-state index contributed by atoms with van der Waals surface area (Å²) in [6.45, 7) is 0. The third-order valence-corrected chi connectivity index (χ3v) is 5.24. The minimum atomic E-state index is -0.128. The first-order valence-electron chi connectivity index (χ1n) is 6.63. The van der Waals surface area contributed by atoms with Gasteiger partial charge in [-0.2, -0.15) is 16.9 Å². The average molecular weight is 252 g/mol. The van der Waals surface area contributed by atoms with Crippen molar-refractivity contribution in [3.63, 3.8) is 0 Å². The predicted molar refractivity (Wildman–Crippen MR) is 70.3 cm³/mol. The zero-order valence-corrected chi connectivity index (χ0v) is 10.9. The summed E-state index contributed by atoms with van der Waals surface area (Å²) in [5.41, 5.74) is 1.16. The number of aliphatic hydroxyl groups excluding tert-OH is 1. The van der Waals surface area contributed by atoms with Crippen molar-refractivity contribution in [3.8, 4) is 0 Å². The molecule has 1 aromatic rings. The van der Waals surface area contributed by atoms with Crippen LogP contribution in [0.3, 0.4) is 0 Å². The molecule has 0 amide bonds. The summed E-state index contributed by atoms with van der Waals surface area (Å²) in [5.74, 6) is 2.39. The second kappa shape index (κ2) is 5.02. The van der Waals surface area contributed by atoms with Gasteiger partial charge < -0.3 is 5.11 Å². The molecule has 2 heterocycles. The van der Waals surface area contributed by atoms with Gasteiger partial charge in [0.05, 0.1) is 17.8 Å². The Balaban J connectivity index is 1.63. The molecule has 1 aliphatic carbocycles. The van der Waals surface area contributed by atoms with Crippen molar-refractivity contribution in [2.24, 2.45) is 5.92 Å². The van der Waals surface area contributed by atoms with Crippen molar-refractivity contribution in [1.82, 2.24) is 9.78 Å². The summed E-state index contributed by atoms with van der Waals surface area (Å²) in [7, 11) is 0. The lowest BCUT2D eigenvalue weighted by Crippen LogP contribution is -2.20. The van der Waals surface area contributed by atoms with Crippen LogP contribution in [0.1, 0.15) is 37.4 Å². The molecule has 17 heavy (non-hydrogen) atoms. The molecule has 1 aromatic heterocycles. The van der Waals surface area contributed by atoms with Gasteiger partial charge in [0, 0.05) is 17.9 Å². The highest BCUT2D eigenvalue weighted by Crippen LogP contribution is 2.30. The lowest BCUT2D eigenvalue weighted by atomic mass is 10.0. The summed E-state index contributed by atoms with van der Waals surface area (Å²) in [4.78, 5) is 0. The van der Waals surface area contributed by atoms with Gasteiger partial charge in [0.2, 0.25) is 0 Å². The molecular weight excluding hydrogens is 232 g/mol. The van der Waals surface area contributed by atoms with Gasteiger partial charge in [-0.05, 0) is 31.1 Å². The SMILES string of the molecule is OC1CSCC1Cc1ccn(C2CCCC2)n1. The van der Waals surface area contributed by atoms with Crippen molar-refractivity contribution >= 4 is 11.8 Å². The maximum Gasteiger partial charge on any atom is 0.0670 e. The lowest BCUT2D eigenvalue weighted by Gasteiger charge is -2.12. The Bertz CT molecular complexity index is 373. The Labute approximate surface area is 107 Å². The van der Waals surface area contributed by atoms with Crippen molar-refractivity contribution in [2.75, 3.05) is 11.5 Å². The van der Waals surface area contributed by atoms with Crippen LogP contribution < -0.4 is 0 Å². The van der Waals surface area contributed by atoms with Crippen molar-refractivity contribution in [1.29, 1.82) is 0 Å². The van der Waals surface area contributed by atoms with Crippen molar-refractivity contribution < 1.29 is 5.11 Å². The molecule has 3 rings (SSSR count). The van der Waals surface area contributed by atoms with E-state index >= 15 is 0 Å². The van der Waals surface area contributed by atoms with E-state index in [2.05, 4.69) is 22.0 Å². The molecule has 0 radical (unpaired) electrons. The van der Waals surface area contributed by atoms with Crippen LogP contribution in [0.15, 0.2) is 12.3 Å². The van der Waals surface area contributed by atoms with E-state index in [4.69, 9.17) is 0 Å². The summed E-state index contributed by atoms with van der Waals surface area (Å²) >= 11 is 1.86. The quantitative estimate of drug-likeness (QED) is 0.896. The molecular formula is C13H20N2OS. The number of aliphatic hydroxyl groups is 1. The second-order valence-electron chi connectivity index (χ2n) is 5.29. The molecule has 0 spiro atoms. The van der Waals surface area contributed by atoms with Gasteiger partial charge in [0.25, 0.3) is 0 Å². The van der Waals surface area contributed by atoms with Crippen LogP contribution >= 0.6 is 11.8 Å². The Kier molecular flexibility index (Phi) is 3.43. The lowest BCUT2D eigenvalue weighted by molar-refractivity contribution is 0.149. The van der Waals surface area contributed by atoms with E-state index < -0.39 is 0 Å². The first-order chi connectivity index (χ1) is 8.33. The van der Waals surface area contributed by atoms with Crippen molar-refractivity contribution in [3.05, 3.63) is 18.0 Å². The summed E-state index contributed by atoms with van der Waals surface area (Å²) in [6, 6.07) is 2.76. The zero-order valence-electron chi connectivity index (χ0n) is 10.1. The van der Waals surface area contributed by atoms with Crippen LogP contribution in [-0.4, -0.2) is 32.5 Å². The van der Waals surface area contributed by atoms with Gasteiger partial charge in [-0.3, -0.25) is 4.68 Å². The molecule has 0 aromatic carbocycles. The number of hydrogen-bond donors (Lipinski definition) is 1. The summed E-state index contributed by atoms with van der Waals surface area (Å²) < 4.78 is 2.15. The Morgan fingerprint density at radius 2 is 2.18 bits per heavy atom. The van der Waals surface area contributed by atoms with Gasteiger partial charge in [-0.15, -0.1) is 0 Å². The molecule has 2 aliphatic rings. The number of rotatable bonds is 3. The largest absolute Gasteiger partial charge is 0.392 e. The molecule has 0 bridgehead atoms. The summed E-state index contributed by atoms with van der Waals surface area (Å²) in [5, 5.41) is 14.5. The molecule has 2 fully saturated rings. The monoisotopic (exact) mass is 252 g/mol. The van der Waals surface area contributed by atoms with Crippen LogP contribution in [-0.2, 0) is 6.42 Å². The maximum absolute atomic E-state index is 9.81. The van der Waals surface area contributed by atoms with Gasteiger partial charge in [0.1, 0.15) is 0 Å². The van der Waals surface area contributed by atoms with Gasteiger partial charge in [-0.1, -0.05) is 12.8 Å². The molecule has 1 saturated heterocycles. The van der Waals surface area contributed by atoms with Crippen LogP contribution in [0.4, 0.5) is 0 Å². The van der Waals surface area contributed by atoms with E-state index in [1.165, 1.54) is 25.7 Å². The highest BCUT2D eigenvalue weighted by atomic mass is 32.2. The molecule has 2 unspecified atom stereocenters. The number of aromatic nitrogens is 2. The number of thioether (sulfide) groups is 1. The molecule has 3 nitrogen and oxygen atoms in total. The normalized spacial score (nSPS) is 30.2. The fourth-order valence-electron chi connectivity index (χ4n) is 2.91. The van der Waals surface area contributed by atoms with Gasteiger partial charge >= 0.3 is 0 Å². The minimum Gasteiger partial charge on any atom is -0.392 e. The molecule has 1 N–H and O–H groups in total. The van der Waals surface area contributed by atoms with Crippen LogP contribution in [0.5, 0.6) is 0 Å². The summed E-state index contributed by atoms with van der Waals surface area (Å²) in [6.07, 6.45) is 8.19. The second-order valence-corrected chi connectivity index (χ2v) is 6.37.